The Balaban J connectivity index is 1.72. The van der Waals surface area contributed by atoms with Crippen molar-refractivity contribution in [2.75, 3.05) is 24.6 Å². The third-order valence-corrected chi connectivity index (χ3v) is 5.36. The molecular formula is C20H25F3N2O3. The number of alkyl halides is 3. The Bertz CT molecular complexity index is 716. The molecule has 1 saturated heterocycles. The van der Waals surface area contributed by atoms with Gasteiger partial charge in [-0.2, -0.15) is 13.2 Å². The van der Waals surface area contributed by atoms with Crippen molar-refractivity contribution in [2.24, 2.45) is 11.8 Å². The first kappa shape index (κ1) is 20.5. The average molecular weight is 398 g/mol. The van der Waals surface area contributed by atoms with Crippen LogP contribution in [0.1, 0.15) is 33.1 Å². The van der Waals surface area contributed by atoms with Gasteiger partial charge in [-0.25, -0.2) is 0 Å². The van der Waals surface area contributed by atoms with Gasteiger partial charge in [0.1, 0.15) is 12.3 Å². The molecule has 1 saturated carbocycles. The van der Waals surface area contributed by atoms with Crippen LogP contribution in [0.3, 0.4) is 0 Å². The third kappa shape index (κ3) is 4.77. The molecule has 0 aromatic heterocycles. The van der Waals surface area contributed by atoms with Gasteiger partial charge in [-0.15, -0.1) is 0 Å². The molecule has 8 heteroatoms. The van der Waals surface area contributed by atoms with E-state index in [4.69, 9.17) is 4.74 Å². The van der Waals surface area contributed by atoms with E-state index in [1.54, 1.807) is 31.2 Å². The summed E-state index contributed by atoms with van der Waals surface area (Å²) >= 11 is 0. The average Bonchev–Trinajstić information content (AvgIpc) is 3.41. The molecule has 1 aromatic rings. The van der Waals surface area contributed by atoms with Crippen LogP contribution in [0.25, 0.3) is 0 Å². The van der Waals surface area contributed by atoms with Crippen LogP contribution in [0.5, 0.6) is 5.75 Å². The SMILES string of the molecule is CCOc1ccc(N2CC(C(=O)N(CC(F)(F)F)C(C)C3CC3)CC2=O)cc1. The van der Waals surface area contributed by atoms with Crippen molar-refractivity contribution in [2.45, 2.75) is 45.3 Å². The Hall–Kier alpha value is -2.25. The molecule has 0 spiro atoms. The number of carbonyl (C=O) groups is 2. The Morgan fingerprint density at radius 2 is 1.93 bits per heavy atom. The molecule has 2 unspecified atom stereocenters. The van der Waals surface area contributed by atoms with Crippen LogP contribution in [0, 0.1) is 11.8 Å². The summed E-state index contributed by atoms with van der Waals surface area (Å²) in [5.74, 6) is -0.819. The molecule has 28 heavy (non-hydrogen) atoms. The zero-order chi connectivity index (χ0) is 20.5. The zero-order valence-corrected chi connectivity index (χ0v) is 16.0. The van der Waals surface area contributed by atoms with Crippen LogP contribution in [0.15, 0.2) is 24.3 Å². The summed E-state index contributed by atoms with van der Waals surface area (Å²) in [5.41, 5.74) is 0.612. The number of carbonyl (C=O) groups excluding carboxylic acids is 2. The summed E-state index contributed by atoms with van der Waals surface area (Å²) in [6, 6.07) is 6.42. The number of amides is 2. The highest BCUT2D eigenvalue weighted by molar-refractivity contribution is 6.00. The molecule has 2 fully saturated rings. The Morgan fingerprint density at radius 1 is 1.29 bits per heavy atom. The second-order valence-electron chi connectivity index (χ2n) is 7.49. The number of nitrogens with zero attached hydrogens (tertiary/aromatic N) is 2. The molecule has 1 heterocycles. The lowest BCUT2D eigenvalue weighted by molar-refractivity contribution is -0.168. The van der Waals surface area contributed by atoms with Gasteiger partial charge < -0.3 is 14.5 Å². The fourth-order valence-electron chi connectivity index (χ4n) is 3.69. The van der Waals surface area contributed by atoms with Crippen molar-refractivity contribution in [1.29, 1.82) is 0 Å². The molecule has 1 aliphatic carbocycles. The van der Waals surface area contributed by atoms with Gasteiger partial charge in [-0.3, -0.25) is 9.59 Å². The molecule has 2 aliphatic rings. The number of rotatable bonds is 7. The second-order valence-corrected chi connectivity index (χ2v) is 7.49. The standard InChI is InChI=1S/C20H25F3N2O3/c1-3-28-17-8-6-16(7-9-17)24-11-15(10-18(24)26)19(27)25(12-20(21,22)23)13(2)14-4-5-14/h6-9,13-15H,3-5,10-12H2,1-2H3. The first-order valence-corrected chi connectivity index (χ1v) is 9.60. The first-order valence-electron chi connectivity index (χ1n) is 9.60. The highest BCUT2D eigenvalue weighted by Crippen LogP contribution is 2.37. The van der Waals surface area contributed by atoms with Gasteiger partial charge in [0.25, 0.3) is 0 Å². The van der Waals surface area contributed by atoms with Gasteiger partial charge in [0.15, 0.2) is 0 Å². The molecule has 5 nitrogen and oxygen atoms in total. The quantitative estimate of drug-likeness (QED) is 0.705. The summed E-state index contributed by atoms with van der Waals surface area (Å²) in [4.78, 5) is 27.7. The van der Waals surface area contributed by atoms with E-state index in [1.165, 1.54) is 4.90 Å². The van der Waals surface area contributed by atoms with E-state index in [0.29, 0.717) is 18.0 Å². The molecule has 3 rings (SSSR count). The summed E-state index contributed by atoms with van der Waals surface area (Å²) in [6.45, 7) is 2.88. The van der Waals surface area contributed by atoms with E-state index in [-0.39, 0.29) is 24.8 Å². The maximum atomic E-state index is 13.0. The molecule has 154 valence electrons. The largest absolute Gasteiger partial charge is 0.494 e. The maximum Gasteiger partial charge on any atom is 0.406 e. The predicted molar refractivity (Wildman–Crippen MR) is 98.0 cm³/mol. The van der Waals surface area contributed by atoms with Crippen LogP contribution in [0.2, 0.25) is 0 Å². The molecule has 2 atom stereocenters. The molecule has 1 aromatic carbocycles. The first-order chi connectivity index (χ1) is 13.2. The van der Waals surface area contributed by atoms with Gasteiger partial charge in [0, 0.05) is 24.7 Å². The number of ether oxygens (including phenoxy) is 1. The van der Waals surface area contributed by atoms with Gasteiger partial charge in [-0.1, -0.05) is 0 Å². The summed E-state index contributed by atoms with van der Waals surface area (Å²) < 4.78 is 44.5. The minimum absolute atomic E-state index is 0.0716. The van der Waals surface area contributed by atoms with Crippen molar-refractivity contribution in [3.05, 3.63) is 24.3 Å². The van der Waals surface area contributed by atoms with Crippen LogP contribution < -0.4 is 9.64 Å². The van der Waals surface area contributed by atoms with Crippen LogP contribution in [-0.4, -0.2) is 48.6 Å². The number of hydrogen-bond acceptors (Lipinski definition) is 3. The Kier molecular flexibility index (Phi) is 5.86. The number of halogens is 3. The minimum atomic E-state index is -4.46. The fraction of sp³-hybridized carbons (Fsp3) is 0.600. The normalized spacial score (nSPS) is 21.0. The van der Waals surface area contributed by atoms with Crippen molar-refractivity contribution >= 4 is 17.5 Å². The number of hydrogen-bond donors (Lipinski definition) is 0. The van der Waals surface area contributed by atoms with Crippen LogP contribution >= 0.6 is 0 Å². The highest BCUT2D eigenvalue weighted by Gasteiger charge is 2.44. The highest BCUT2D eigenvalue weighted by atomic mass is 19.4. The van der Waals surface area contributed by atoms with E-state index in [2.05, 4.69) is 0 Å². The minimum Gasteiger partial charge on any atom is -0.494 e. The summed E-state index contributed by atoms with van der Waals surface area (Å²) in [5, 5.41) is 0. The maximum absolute atomic E-state index is 13.0. The lowest BCUT2D eigenvalue weighted by Crippen LogP contribution is -2.48. The van der Waals surface area contributed by atoms with Crippen molar-refractivity contribution in [3.8, 4) is 5.75 Å². The van der Waals surface area contributed by atoms with Crippen LogP contribution in [-0.2, 0) is 9.59 Å². The molecule has 2 amide bonds. The lowest BCUT2D eigenvalue weighted by Gasteiger charge is -2.32. The summed E-state index contributed by atoms with van der Waals surface area (Å²) in [7, 11) is 0. The van der Waals surface area contributed by atoms with E-state index in [1.807, 2.05) is 6.92 Å². The van der Waals surface area contributed by atoms with Gasteiger partial charge in [-0.05, 0) is 56.9 Å². The van der Waals surface area contributed by atoms with E-state index >= 15 is 0 Å². The Labute approximate surface area is 162 Å². The molecule has 1 aliphatic heterocycles. The zero-order valence-electron chi connectivity index (χ0n) is 16.0. The van der Waals surface area contributed by atoms with Crippen molar-refractivity contribution in [3.63, 3.8) is 0 Å². The smallest absolute Gasteiger partial charge is 0.406 e. The number of benzene rings is 1. The molecule has 0 N–H and O–H groups in total. The van der Waals surface area contributed by atoms with Gasteiger partial charge in [0.05, 0.1) is 12.5 Å². The van der Waals surface area contributed by atoms with Crippen LogP contribution in [0.4, 0.5) is 18.9 Å². The van der Waals surface area contributed by atoms with Gasteiger partial charge in [0.2, 0.25) is 11.8 Å². The summed E-state index contributed by atoms with van der Waals surface area (Å²) in [6.07, 6.45) is -2.86. The fourth-order valence-corrected chi connectivity index (χ4v) is 3.69. The van der Waals surface area contributed by atoms with Gasteiger partial charge >= 0.3 is 6.18 Å². The third-order valence-electron chi connectivity index (χ3n) is 5.36. The van der Waals surface area contributed by atoms with E-state index in [0.717, 1.165) is 17.7 Å². The molecule has 0 bridgehead atoms. The van der Waals surface area contributed by atoms with E-state index < -0.39 is 30.6 Å². The number of anilines is 1. The monoisotopic (exact) mass is 398 g/mol. The molecule has 0 radical (unpaired) electrons. The predicted octanol–water partition coefficient (Wildman–Crippen LogP) is 3.63. The topological polar surface area (TPSA) is 49.9 Å². The van der Waals surface area contributed by atoms with Crippen molar-refractivity contribution < 1.29 is 27.5 Å². The van der Waals surface area contributed by atoms with E-state index in [9.17, 15) is 22.8 Å². The lowest BCUT2D eigenvalue weighted by atomic mass is 10.0. The Morgan fingerprint density at radius 3 is 2.46 bits per heavy atom. The second kappa shape index (κ2) is 8.01. The van der Waals surface area contributed by atoms with Crippen molar-refractivity contribution in [1.82, 2.24) is 4.90 Å². The molecular weight excluding hydrogens is 373 g/mol.